The molecule has 0 aliphatic carbocycles. The molecule has 0 saturated carbocycles. The van der Waals surface area contributed by atoms with Gasteiger partial charge in [0, 0.05) is 44.3 Å². The second kappa shape index (κ2) is 10.5. The van der Waals surface area contributed by atoms with Crippen LogP contribution >= 0.6 is 0 Å². The number of aryl methyl sites for hydroxylation is 1. The van der Waals surface area contributed by atoms with Gasteiger partial charge in [-0.1, -0.05) is 26.0 Å². The lowest BCUT2D eigenvalue weighted by Gasteiger charge is -2.38. The third kappa shape index (κ3) is 6.63. The maximum atomic E-state index is 13.3. The number of phenolic OH excluding ortho intramolecular Hbond substituents is 1. The van der Waals surface area contributed by atoms with Crippen molar-refractivity contribution in [1.82, 2.24) is 4.90 Å². The van der Waals surface area contributed by atoms with E-state index in [0.717, 1.165) is 11.6 Å². The summed E-state index contributed by atoms with van der Waals surface area (Å²) in [6.07, 6.45) is -2.88. The molecular formula is C25H32F3N3O2. The number of nitrogens with zero attached hydrogens (tertiary/aromatic N) is 2. The number of piperazine rings is 1. The van der Waals surface area contributed by atoms with Gasteiger partial charge in [-0.15, -0.1) is 0 Å². The maximum absolute atomic E-state index is 13.3. The fraction of sp³-hybridized carbons (Fsp3) is 0.480. The molecule has 1 heterocycles. The lowest BCUT2D eigenvalue weighted by molar-refractivity contribution is -0.137. The van der Waals surface area contributed by atoms with Gasteiger partial charge >= 0.3 is 6.18 Å². The van der Waals surface area contributed by atoms with Crippen molar-refractivity contribution >= 4 is 11.6 Å². The van der Waals surface area contributed by atoms with Crippen LogP contribution in [0, 0.1) is 5.92 Å². The van der Waals surface area contributed by atoms with Gasteiger partial charge in [-0.05, 0) is 60.2 Å². The van der Waals surface area contributed by atoms with E-state index in [1.807, 2.05) is 18.7 Å². The number of carbonyl (C=O) groups excluding carboxylic acids is 1. The van der Waals surface area contributed by atoms with E-state index in [0.29, 0.717) is 56.7 Å². The molecule has 2 aromatic rings. The van der Waals surface area contributed by atoms with Crippen molar-refractivity contribution in [3.63, 3.8) is 0 Å². The molecule has 2 aromatic carbocycles. The Morgan fingerprint density at radius 3 is 2.27 bits per heavy atom. The Balaban J connectivity index is 1.66. The van der Waals surface area contributed by atoms with Crippen LogP contribution in [0.1, 0.15) is 49.4 Å². The zero-order valence-corrected chi connectivity index (χ0v) is 19.1. The van der Waals surface area contributed by atoms with E-state index in [2.05, 4.69) is 0 Å². The van der Waals surface area contributed by atoms with Crippen molar-refractivity contribution in [1.29, 1.82) is 0 Å². The van der Waals surface area contributed by atoms with E-state index in [9.17, 15) is 23.1 Å². The molecule has 1 fully saturated rings. The summed E-state index contributed by atoms with van der Waals surface area (Å²) in [4.78, 5) is 16.5. The second-order valence-corrected chi connectivity index (χ2v) is 9.04. The first kappa shape index (κ1) is 24.9. The van der Waals surface area contributed by atoms with Crippen molar-refractivity contribution in [2.24, 2.45) is 11.7 Å². The zero-order chi connectivity index (χ0) is 24.2. The Bertz CT molecular complexity index is 937. The number of hydrogen-bond donors (Lipinski definition) is 2. The minimum absolute atomic E-state index is 0.0480. The van der Waals surface area contributed by atoms with Gasteiger partial charge < -0.3 is 20.6 Å². The van der Waals surface area contributed by atoms with Crippen molar-refractivity contribution < 1.29 is 23.1 Å². The van der Waals surface area contributed by atoms with Gasteiger partial charge in [-0.25, -0.2) is 0 Å². The van der Waals surface area contributed by atoms with Gasteiger partial charge in [0.05, 0.1) is 5.56 Å². The van der Waals surface area contributed by atoms with Crippen molar-refractivity contribution in [3.05, 3.63) is 59.2 Å². The summed E-state index contributed by atoms with van der Waals surface area (Å²) in [5, 5.41) is 9.36. The molecule has 3 rings (SSSR count). The number of alkyl halides is 3. The number of aromatic hydroxyl groups is 1. The first-order valence-corrected chi connectivity index (χ1v) is 11.3. The van der Waals surface area contributed by atoms with E-state index in [4.69, 9.17) is 5.73 Å². The molecule has 1 aliphatic rings. The van der Waals surface area contributed by atoms with Gasteiger partial charge in [0.15, 0.2) is 0 Å². The number of anilines is 1. The Kier molecular flexibility index (Phi) is 7.89. The first-order chi connectivity index (χ1) is 15.5. The number of benzene rings is 2. The van der Waals surface area contributed by atoms with Crippen molar-refractivity contribution in [3.8, 4) is 5.75 Å². The molecule has 0 aromatic heterocycles. The monoisotopic (exact) mass is 463 g/mol. The minimum atomic E-state index is -4.42. The largest absolute Gasteiger partial charge is 0.508 e. The maximum Gasteiger partial charge on any atom is 0.416 e. The summed E-state index contributed by atoms with van der Waals surface area (Å²) < 4.78 is 39.9. The Labute approximate surface area is 193 Å². The van der Waals surface area contributed by atoms with Crippen LogP contribution in [0.4, 0.5) is 18.9 Å². The topological polar surface area (TPSA) is 69.8 Å². The SMILES string of the molecule is CC(C)C[C@H](N)c1cc(C(F)(F)F)ccc1N1CCN(C(=O)CCc2ccc(O)cc2)CC1. The summed E-state index contributed by atoms with van der Waals surface area (Å²) >= 11 is 0. The third-order valence-electron chi connectivity index (χ3n) is 6.02. The second-order valence-electron chi connectivity index (χ2n) is 9.04. The predicted octanol–water partition coefficient (Wildman–Crippen LogP) is 4.74. The van der Waals surface area contributed by atoms with E-state index >= 15 is 0 Å². The quantitative estimate of drug-likeness (QED) is 0.623. The van der Waals surface area contributed by atoms with Crippen LogP contribution < -0.4 is 10.6 Å². The molecule has 0 bridgehead atoms. The lowest BCUT2D eigenvalue weighted by atomic mass is 9.94. The van der Waals surface area contributed by atoms with E-state index in [1.165, 1.54) is 12.1 Å². The molecule has 1 atom stereocenters. The normalized spacial score (nSPS) is 15.7. The van der Waals surface area contributed by atoms with Gasteiger partial charge in [0.1, 0.15) is 5.75 Å². The Morgan fingerprint density at radius 1 is 1.06 bits per heavy atom. The molecule has 3 N–H and O–H groups in total. The average Bonchev–Trinajstić information content (AvgIpc) is 2.77. The molecule has 5 nitrogen and oxygen atoms in total. The molecule has 1 saturated heterocycles. The molecule has 0 unspecified atom stereocenters. The highest BCUT2D eigenvalue weighted by atomic mass is 19.4. The lowest BCUT2D eigenvalue weighted by Crippen LogP contribution is -2.49. The summed E-state index contributed by atoms with van der Waals surface area (Å²) in [7, 11) is 0. The molecular weight excluding hydrogens is 431 g/mol. The van der Waals surface area contributed by atoms with Crippen LogP contribution in [0.25, 0.3) is 0 Å². The molecule has 33 heavy (non-hydrogen) atoms. The van der Waals surface area contributed by atoms with E-state index < -0.39 is 17.8 Å². The zero-order valence-electron chi connectivity index (χ0n) is 19.1. The van der Waals surface area contributed by atoms with Crippen LogP contribution in [-0.4, -0.2) is 42.1 Å². The molecule has 1 amide bonds. The molecule has 0 spiro atoms. The molecule has 0 radical (unpaired) electrons. The minimum Gasteiger partial charge on any atom is -0.508 e. The first-order valence-electron chi connectivity index (χ1n) is 11.3. The highest BCUT2D eigenvalue weighted by molar-refractivity contribution is 5.77. The Hall–Kier alpha value is -2.74. The number of nitrogens with two attached hydrogens (primary N) is 1. The van der Waals surface area contributed by atoms with Gasteiger partial charge in [0.2, 0.25) is 5.91 Å². The highest BCUT2D eigenvalue weighted by Gasteiger charge is 2.33. The summed E-state index contributed by atoms with van der Waals surface area (Å²) in [5.41, 5.74) is 7.83. The van der Waals surface area contributed by atoms with Crippen LogP contribution in [0.5, 0.6) is 5.75 Å². The van der Waals surface area contributed by atoms with Crippen LogP contribution in [0.15, 0.2) is 42.5 Å². The summed E-state index contributed by atoms with van der Waals surface area (Å²) in [6.45, 7) is 6.09. The smallest absolute Gasteiger partial charge is 0.416 e. The van der Waals surface area contributed by atoms with E-state index in [1.54, 1.807) is 29.2 Å². The Morgan fingerprint density at radius 2 is 1.70 bits per heavy atom. The third-order valence-corrected chi connectivity index (χ3v) is 6.02. The van der Waals surface area contributed by atoms with E-state index in [-0.39, 0.29) is 17.6 Å². The number of hydrogen-bond acceptors (Lipinski definition) is 4. The van der Waals surface area contributed by atoms with Crippen LogP contribution in [0.2, 0.25) is 0 Å². The van der Waals surface area contributed by atoms with Gasteiger partial charge in [-0.2, -0.15) is 13.2 Å². The fourth-order valence-electron chi connectivity index (χ4n) is 4.22. The summed E-state index contributed by atoms with van der Waals surface area (Å²) in [5.74, 6) is 0.495. The van der Waals surface area contributed by atoms with Crippen molar-refractivity contribution in [2.75, 3.05) is 31.1 Å². The molecule has 1 aliphatic heterocycles. The number of carbonyl (C=O) groups is 1. The van der Waals surface area contributed by atoms with Gasteiger partial charge in [0.25, 0.3) is 0 Å². The van der Waals surface area contributed by atoms with Crippen molar-refractivity contribution in [2.45, 2.75) is 45.3 Å². The number of rotatable bonds is 7. The van der Waals surface area contributed by atoms with Crippen LogP contribution in [0.3, 0.4) is 0 Å². The highest BCUT2D eigenvalue weighted by Crippen LogP contribution is 2.36. The van der Waals surface area contributed by atoms with Gasteiger partial charge in [-0.3, -0.25) is 4.79 Å². The summed E-state index contributed by atoms with van der Waals surface area (Å²) in [6, 6.07) is 10.1. The number of halogens is 3. The fourth-order valence-corrected chi connectivity index (χ4v) is 4.22. The average molecular weight is 464 g/mol. The standard InChI is InChI=1S/C25H32F3N3O2/c1-17(2)15-22(29)21-16-19(25(26,27)28)6-9-23(21)30-11-13-31(14-12-30)24(33)10-5-18-3-7-20(32)8-4-18/h3-4,6-9,16-17,22,32H,5,10-15,29H2,1-2H3/t22-/m0/s1. The molecule has 180 valence electrons. The predicted molar refractivity (Wildman–Crippen MR) is 123 cm³/mol. The number of amides is 1. The number of phenols is 1. The molecule has 8 heteroatoms. The van der Waals surface area contributed by atoms with Crippen LogP contribution in [-0.2, 0) is 17.4 Å².